The van der Waals surface area contributed by atoms with Crippen molar-refractivity contribution in [1.82, 2.24) is 5.32 Å². The van der Waals surface area contributed by atoms with Gasteiger partial charge in [-0.15, -0.1) is 0 Å². The molecule has 1 heterocycles. The molecule has 1 saturated heterocycles. The van der Waals surface area contributed by atoms with Crippen LogP contribution in [-0.4, -0.2) is 37.0 Å². The zero-order valence-corrected chi connectivity index (χ0v) is 8.25. The summed E-state index contributed by atoms with van der Waals surface area (Å²) in [5.41, 5.74) is 0.488. The van der Waals surface area contributed by atoms with Crippen molar-refractivity contribution >= 4 is 0 Å². The van der Waals surface area contributed by atoms with Crippen LogP contribution >= 0.6 is 0 Å². The van der Waals surface area contributed by atoms with Gasteiger partial charge in [-0.25, -0.2) is 0 Å². The minimum absolute atomic E-state index is 0.164. The van der Waals surface area contributed by atoms with E-state index in [0.717, 1.165) is 6.54 Å². The molecule has 0 bridgehead atoms. The summed E-state index contributed by atoms with van der Waals surface area (Å²) in [7, 11) is 0. The van der Waals surface area contributed by atoms with E-state index in [-0.39, 0.29) is 12.1 Å². The van der Waals surface area contributed by atoms with Gasteiger partial charge in [-0.1, -0.05) is 13.3 Å². The first kappa shape index (κ1) is 9.44. The fourth-order valence-corrected chi connectivity index (χ4v) is 2.07. The van der Waals surface area contributed by atoms with Crippen molar-refractivity contribution in [2.24, 2.45) is 5.41 Å². The van der Waals surface area contributed by atoms with E-state index >= 15 is 0 Å². The molecule has 2 atom stereocenters. The van der Waals surface area contributed by atoms with E-state index in [0.29, 0.717) is 18.6 Å². The molecule has 1 aliphatic carbocycles. The summed E-state index contributed by atoms with van der Waals surface area (Å²) < 4.78 is 5.17. The SMILES string of the molecule is CC1(CNC2COCC2O)CCC1. The molecule has 0 aromatic heterocycles. The van der Waals surface area contributed by atoms with Gasteiger partial charge in [0.05, 0.1) is 25.4 Å². The van der Waals surface area contributed by atoms with E-state index < -0.39 is 0 Å². The minimum atomic E-state index is -0.302. The van der Waals surface area contributed by atoms with Crippen molar-refractivity contribution in [3.8, 4) is 0 Å². The number of rotatable bonds is 3. The van der Waals surface area contributed by atoms with Gasteiger partial charge in [0, 0.05) is 6.54 Å². The zero-order valence-electron chi connectivity index (χ0n) is 8.25. The van der Waals surface area contributed by atoms with Crippen molar-refractivity contribution in [3.05, 3.63) is 0 Å². The average Bonchev–Trinajstić information content (AvgIpc) is 2.44. The molecule has 1 aliphatic heterocycles. The normalized spacial score (nSPS) is 37.4. The largest absolute Gasteiger partial charge is 0.389 e. The number of ether oxygens (including phenoxy) is 1. The van der Waals surface area contributed by atoms with E-state index in [1.165, 1.54) is 19.3 Å². The molecule has 0 amide bonds. The molecular weight excluding hydrogens is 166 g/mol. The third-order valence-corrected chi connectivity index (χ3v) is 3.40. The zero-order chi connectivity index (χ0) is 9.31. The number of nitrogens with one attached hydrogen (secondary N) is 1. The summed E-state index contributed by atoms with van der Waals surface area (Å²) in [6.45, 7) is 4.50. The fourth-order valence-electron chi connectivity index (χ4n) is 2.07. The smallest absolute Gasteiger partial charge is 0.0948 e. The van der Waals surface area contributed by atoms with E-state index in [4.69, 9.17) is 4.74 Å². The summed E-state index contributed by atoms with van der Waals surface area (Å²) in [5.74, 6) is 0. The van der Waals surface area contributed by atoms with Crippen LogP contribution in [0.3, 0.4) is 0 Å². The van der Waals surface area contributed by atoms with Crippen molar-refractivity contribution in [2.45, 2.75) is 38.3 Å². The topological polar surface area (TPSA) is 41.5 Å². The molecule has 2 unspecified atom stereocenters. The molecule has 0 aromatic carbocycles. The van der Waals surface area contributed by atoms with Crippen LogP contribution in [-0.2, 0) is 4.74 Å². The fraction of sp³-hybridized carbons (Fsp3) is 1.00. The predicted octanol–water partition coefficient (Wildman–Crippen LogP) is 0.526. The van der Waals surface area contributed by atoms with Crippen LogP contribution in [0.15, 0.2) is 0 Å². The van der Waals surface area contributed by atoms with Crippen LogP contribution in [0.4, 0.5) is 0 Å². The first-order chi connectivity index (χ1) is 6.20. The first-order valence-corrected chi connectivity index (χ1v) is 5.19. The highest BCUT2D eigenvalue weighted by Gasteiger charge is 2.34. The third-order valence-electron chi connectivity index (χ3n) is 3.40. The molecule has 1 saturated carbocycles. The Balaban J connectivity index is 1.72. The number of aliphatic hydroxyl groups is 1. The Morgan fingerprint density at radius 3 is 2.69 bits per heavy atom. The maximum absolute atomic E-state index is 9.49. The molecule has 2 rings (SSSR count). The number of hydrogen-bond donors (Lipinski definition) is 2. The Kier molecular flexibility index (Phi) is 2.58. The molecule has 3 heteroatoms. The summed E-state index contributed by atoms with van der Waals surface area (Å²) in [4.78, 5) is 0. The summed E-state index contributed by atoms with van der Waals surface area (Å²) >= 11 is 0. The standard InChI is InChI=1S/C10H19NO2/c1-10(3-2-4-10)7-11-8-5-13-6-9(8)12/h8-9,11-12H,2-7H2,1H3. The van der Waals surface area contributed by atoms with Gasteiger partial charge in [-0.3, -0.25) is 0 Å². The van der Waals surface area contributed by atoms with Crippen molar-refractivity contribution < 1.29 is 9.84 Å². The van der Waals surface area contributed by atoms with Gasteiger partial charge in [-0.05, 0) is 18.3 Å². The van der Waals surface area contributed by atoms with Crippen LogP contribution in [0.25, 0.3) is 0 Å². The summed E-state index contributed by atoms with van der Waals surface area (Å²) in [6, 6.07) is 0.164. The van der Waals surface area contributed by atoms with Crippen LogP contribution in [0.2, 0.25) is 0 Å². The lowest BCUT2D eigenvalue weighted by Gasteiger charge is -2.39. The molecule has 0 radical (unpaired) electrons. The molecule has 13 heavy (non-hydrogen) atoms. The van der Waals surface area contributed by atoms with Crippen molar-refractivity contribution in [3.63, 3.8) is 0 Å². The lowest BCUT2D eigenvalue weighted by atomic mass is 9.70. The monoisotopic (exact) mass is 185 g/mol. The van der Waals surface area contributed by atoms with Gasteiger partial charge in [0.1, 0.15) is 0 Å². The summed E-state index contributed by atoms with van der Waals surface area (Å²) in [6.07, 6.45) is 3.71. The second-order valence-corrected chi connectivity index (χ2v) is 4.76. The summed E-state index contributed by atoms with van der Waals surface area (Å²) in [5, 5.41) is 12.9. The van der Waals surface area contributed by atoms with Gasteiger partial charge in [0.15, 0.2) is 0 Å². The molecule has 0 aromatic rings. The Morgan fingerprint density at radius 1 is 1.46 bits per heavy atom. The Morgan fingerprint density at radius 2 is 2.23 bits per heavy atom. The van der Waals surface area contributed by atoms with Crippen LogP contribution in [0, 0.1) is 5.41 Å². The minimum Gasteiger partial charge on any atom is -0.389 e. The molecule has 2 aliphatic rings. The molecule has 3 nitrogen and oxygen atoms in total. The number of hydrogen-bond acceptors (Lipinski definition) is 3. The number of aliphatic hydroxyl groups excluding tert-OH is 1. The van der Waals surface area contributed by atoms with Crippen LogP contribution in [0.1, 0.15) is 26.2 Å². The highest BCUT2D eigenvalue weighted by molar-refractivity contribution is 4.89. The Bertz CT molecular complexity index is 180. The van der Waals surface area contributed by atoms with Gasteiger partial charge < -0.3 is 15.2 Å². The second-order valence-electron chi connectivity index (χ2n) is 4.76. The first-order valence-electron chi connectivity index (χ1n) is 5.19. The van der Waals surface area contributed by atoms with Crippen molar-refractivity contribution in [2.75, 3.05) is 19.8 Å². The van der Waals surface area contributed by atoms with Crippen molar-refractivity contribution in [1.29, 1.82) is 0 Å². The van der Waals surface area contributed by atoms with Crippen LogP contribution < -0.4 is 5.32 Å². The van der Waals surface area contributed by atoms with E-state index in [1.807, 2.05) is 0 Å². The van der Waals surface area contributed by atoms with E-state index in [1.54, 1.807) is 0 Å². The Hall–Kier alpha value is -0.120. The third kappa shape index (κ3) is 2.03. The predicted molar refractivity (Wildman–Crippen MR) is 50.6 cm³/mol. The van der Waals surface area contributed by atoms with Gasteiger partial charge in [0.25, 0.3) is 0 Å². The molecule has 0 spiro atoms. The van der Waals surface area contributed by atoms with Crippen LogP contribution in [0.5, 0.6) is 0 Å². The van der Waals surface area contributed by atoms with E-state index in [9.17, 15) is 5.11 Å². The maximum Gasteiger partial charge on any atom is 0.0948 e. The quantitative estimate of drug-likeness (QED) is 0.674. The molecule has 76 valence electrons. The van der Waals surface area contributed by atoms with E-state index in [2.05, 4.69) is 12.2 Å². The highest BCUT2D eigenvalue weighted by atomic mass is 16.5. The maximum atomic E-state index is 9.49. The lowest BCUT2D eigenvalue weighted by Crippen LogP contribution is -2.46. The molecule has 2 N–H and O–H groups in total. The molecule has 2 fully saturated rings. The van der Waals surface area contributed by atoms with Gasteiger partial charge >= 0.3 is 0 Å². The second kappa shape index (κ2) is 3.56. The molecular formula is C10H19NO2. The highest BCUT2D eigenvalue weighted by Crippen LogP contribution is 2.39. The van der Waals surface area contributed by atoms with Gasteiger partial charge in [-0.2, -0.15) is 0 Å². The Labute approximate surface area is 79.5 Å². The van der Waals surface area contributed by atoms with Gasteiger partial charge in [0.2, 0.25) is 0 Å². The lowest BCUT2D eigenvalue weighted by molar-refractivity contribution is 0.113. The average molecular weight is 185 g/mol.